The quantitative estimate of drug-likeness (QED) is 0.416. The Morgan fingerprint density at radius 2 is 1.94 bits per heavy atom. The van der Waals surface area contributed by atoms with Crippen molar-refractivity contribution >= 4 is 51.9 Å². The molecule has 34 heavy (non-hydrogen) atoms. The van der Waals surface area contributed by atoms with Crippen molar-refractivity contribution in [2.75, 3.05) is 18.4 Å². The molecular formula is C25H22BN4O3S. The van der Waals surface area contributed by atoms with Crippen LogP contribution in [0.3, 0.4) is 0 Å². The summed E-state index contributed by atoms with van der Waals surface area (Å²) in [6.45, 7) is 3.57. The van der Waals surface area contributed by atoms with Gasteiger partial charge in [-0.05, 0) is 36.2 Å². The van der Waals surface area contributed by atoms with Crippen LogP contribution in [-0.4, -0.2) is 47.1 Å². The maximum absolute atomic E-state index is 12.6. The van der Waals surface area contributed by atoms with Crippen LogP contribution in [0.1, 0.15) is 21.7 Å². The molecule has 0 spiro atoms. The molecule has 7 nitrogen and oxygen atoms in total. The summed E-state index contributed by atoms with van der Waals surface area (Å²) in [6.07, 6.45) is 4.69. The first kappa shape index (κ1) is 22.1. The topological polar surface area (TPSA) is 84.4 Å². The van der Waals surface area contributed by atoms with Gasteiger partial charge in [0.25, 0.3) is 5.91 Å². The lowest BCUT2D eigenvalue weighted by molar-refractivity contribution is -0.115. The Bertz CT molecular complexity index is 1330. The molecule has 169 valence electrons. The molecule has 3 aromatic heterocycles. The zero-order valence-electron chi connectivity index (χ0n) is 18.7. The molecule has 1 aromatic carbocycles. The van der Waals surface area contributed by atoms with Crippen molar-refractivity contribution in [3.05, 3.63) is 71.4 Å². The number of amides is 2. The SMILES string of the molecule is C[B]c1ccc(NC(=O)Cc2ccc(Oc3ccnc4cc(C(=O)N5CCC5)sc34)cc2)nc1. The van der Waals surface area contributed by atoms with Crippen LogP contribution in [0.15, 0.2) is 60.9 Å². The molecule has 2 amide bonds. The number of benzene rings is 1. The Hall–Kier alpha value is -3.72. The fourth-order valence-corrected chi connectivity index (χ4v) is 4.63. The third-order valence-electron chi connectivity index (χ3n) is 5.63. The Balaban J connectivity index is 1.24. The molecule has 0 aliphatic carbocycles. The van der Waals surface area contributed by atoms with Gasteiger partial charge < -0.3 is 15.0 Å². The molecule has 4 heterocycles. The highest BCUT2D eigenvalue weighted by Gasteiger charge is 2.24. The van der Waals surface area contributed by atoms with Crippen LogP contribution in [-0.2, 0) is 11.2 Å². The average Bonchev–Trinajstić information content (AvgIpc) is 3.25. The zero-order chi connectivity index (χ0) is 23.5. The molecular weight excluding hydrogens is 447 g/mol. The normalized spacial score (nSPS) is 12.8. The highest BCUT2D eigenvalue weighted by molar-refractivity contribution is 7.21. The first-order valence-electron chi connectivity index (χ1n) is 11.1. The average molecular weight is 469 g/mol. The summed E-state index contributed by atoms with van der Waals surface area (Å²) in [5, 5.41) is 2.81. The number of rotatable bonds is 7. The number of hydrogen-bond donors (Lipinski definition) is 1. The maximum Gasteiger partial charge on any atom is 0.264 e. The van der Waals surface area contributed by atoms with Crippen molar-refractivity contribution in [3.63, 3.8) is 0 Å². The Morgan fingerprint density at radius 3 is 2.62 bits per heavy atom. The molecule has 1 N–H and O–H groups in total. The van der Waals surface area contributed by atoms with Crippen molar-refractivity contribution in [2.45, 2.75) is 19.7 Å². The minimum absolute atomic E-state index is 0.0534. The largest absolute Gasteiger partial charge is 0.456 e. The van der Waals surface area contributed by atoms with E-state index in [1.165, 1.54) is 11.3 Å². The van der Waals surface area contributed by atoms with Crippen LogP contribution in [0.5, 0.6) is 11.5 Å². The van der Waals surface area contributed by atoms with E-state index < -0.39 is 0 Å². The van der Waals surface area contributed by atoms with Gasteiger partial charge in [-0.15, -0.1) is 11.3 Å². The van der Waals surface area contributed by atoms with Gasteiger partial charge in [-0.2, -0.15) is 0 Å². The van der Waals surface area contributed by atoms with Crippen LogP contribution < -0.4 is 15.5 Å². The molecule has 1 radical (unpaired) electrons. The number of likely N-dealkylation sites (tertiary alicyclic amines) is 1. The summed E-state index contributed by atoms with van der Waals surface area (Å²) in [6, 6.07) is 14.7. The van der Waals surface area contributed by atoms with Gasteiger partial charge in [0.15, 0.2) is 0 Å². The van der Waals surface area contributed by atoms with Gasteiger partial charge in [-0.3, -0.25) is 14.6 Å². The maximum atomic E-state index is 12.6. The second-order valence-electron chi connectivity index (χ2n) is 8.02. The molecule has 5 rings (SSSR count). The van der Waals surface area contributed by atoms with Gasteiger partial charge >= 0.3 is 0 Å². The first-order valence-corrected chi connectivity index (χ1v) is 11.9. The number of pyridine rings is 2. The predicted octanol–water partition coefficient (Wildman–Crippen LogP) is 3.89. The number of carbonyl (C=O) groups is 2. The monoisotopic (exact) mass is 469 g/mol. The van der Waals surface area contributed by atoms with Crippen molar-refractivity contribution in [3.8, 4) is 11.5 Å². The molecule has 1 saturated heterocycles. The summed E-state index contributed by atoms with van der Waals surface area (Å²) in [5.74, 6) is 1.75. The second-order valence-corrected chi connectivity index (χ2v) is 9.07. The van der Waals surface area contributed by atoms with Crippen molar-refractivity contribution in [1.29, 1.82) is 0 Å². The van der Waals surface area contributed by atoms with E-state index in [1.807, 2.05) is 55.4 Å². The molecule has 1 aliphatic heterocycles. The van der Waals surface area contributed by atoms with E-state index in [9.17, 15) is 9.59 Å². The lowest BCUT2D eigenvalue weighted by atomic mass is 9.74. The van der Waals surface area contributed by atoms with Gasteiger partial charge in [0.05, 0.1) is 21.5 Å². The molecule has 0 bridgehead atoms. The van der Waals surface area contributed by atoms with Crippen LogP contribution in [0, 0.1) is 0 Å². The van der Waals surface area contributed by atoms with E-state index in [0.29, 0.717) is 22.2 Å². The number of ether oxygens (including phenoxy) is 1. The van der Waals surface area contributed by atoms with Gasteiger partial charge in [-0.25, -0.2) is 4.98 Å². The van der Waals surface area contributed by atoms with E-state index in [4.69, 9.17) is 4.74 Å². The fraction of sp³-hybridized carbons (Fsp3) is 0.200. The molecule has 0 atom stereocenters. The smallest absolute Gasteiger partial charge is 0.264 e. The molecule has 1 fully saturated rings. The van der Waals surface area contributed by atoms with E-state index in [2.05, 4.69) is 15.3 Å². The summed E-state index contributed by atoms with van der Waals surface area (Å²) in [4.78, 5) is 36.1. The number of fused-ring (bicyclic) bond motifs is 1. The van der Waals surface area contributed by atoms with Gasteiger partial charge in [0.1, 0.15) is 24.6 Å². The Kier molecular flexibility index (Phi) is 6.27. The number of anilines is 1. The molecule has 4 aromatic rings. The molecule has 1 aliphatic rings. The Morgan fingerprint density at radius 1 is 1.12 bits per heavy atom. The number of nitrogens with one attached hydrogen (secondary N) is 1. The highest BCUT2D eigenvalue weighted by atomic mass is 32.1. The van der Waals surface area contributed by atoms with E-state index in [1.54, 1.807) is 24.5 Å². The minimum atomic E-state index is -0.136. The predicted molar refractivity (Wildman–Crippen MR) is 134 cm³/mol. The molecule has 9 heteroatoms. The van der Waals surface area contributed by atoms with Gasteiger partial charge in [-0.1, -0.05) is 30.5 Å². The van der Waals surface area contributed by atoms with Crippen LogP contribution in [0.25, 0.3) is 10.2 Å². The summed E-state index contributed by atoms with van der Waals surface area (Å²) in [7, 11) is 1.95. The Labute approximate surface area is 202 Å². The van der Waals surface area contributed by atoms with Gasteiger partial charge in [0.2, 0.25) is 5.91 Å². The lowest BCUT2D eigenvalue weighted by Crippen LogP contribution is -2.41. The summed E-state index contributed by atoms with van der Waals surface area (Å²) >= 11 is 1.40. The van der Waals surface area contributed by atoms with Crippen molar-refractivity contribution in [1.82, 2.24) is 14.9 Å². The third-order valence-corrected chi connectivity index (χ3v) is 6.76. The number of thiophene rings is 1. The van der Waals surface area contributed by atoms with Gasteiger partial charge in [0, 0.05) is 31.5 Å². The highest BCUT2D eigenvalue weighted by Crippen LogP contribution is 2.35. The summed E-state index contributed by atoms with van der Waals surface area (Å²) < 4.78 is 6.94. The van der Waals surface area contributed by atoms with E-state index in [0.717, 1.165) is 40.8 Å². The number of carbonyl (C=O) groups excluding carboxylic acids is 2. The van der Waals surface area contributed by atoms with E-state index >= 15 is 0 Å². The van der Waals surface area contributed by atoms with Crippen molar-refractivity contribution < 1.29 is 14.3 Å². The standard InChI is InChI=1S/C25H22BN4O3S/c1-26-17-5-8-22(28-15-17)29-23(31)13-16-3-6-18(7-4-16)33-20-9-10-27-19-14-21(34-24(19)20)25(32)30-11-2-12-30/h3-10,14-15H,2,11-13H2,1H3,(H,28,29,31). The molecule has 0 unspecified atom stereocenters. The number of aromatic nitrogens is 2. The van der Waals surface area contributed by atoms with Crippen molar-refractivity contribution in [2.24, 2.45) is 0 Å². The fourth-order valence-electron chi connectivity index (χ4n) is 3.60. The number of nitrogens with zero attached hydrogens (tertiary/aromatic N) is 3. The third kappa shape index (κ3) is 4.79. The minimum Gasteiger partial charge on any atom is -0.456 e. The van der Waals surface area contributed by atoms with Crippen LogP contribution >= 0.6 is 11.3 Å². The van der Waals surface area contributed by atoms with E-state index in [-0.39, 0.29) is 18.2 Å². The lowest BCUT2D eigenvalue weighted by Gasteiger charge is -2.30. The molecule has 0 saturated carbocycles. The summed E-state index contributed by atoms with van der Waals surface area (Å²) in [5.41, 5.74) is 2.61. The first-order chi connectivity index (χ1) is 16.6. The zero-order valence-corrected chi connectivity index (χ0v) is 19.5. The number of hydrogen-bond acceptors (Lipinski definition) is 6. The van der Waals surface area contributed by atoms with Crippen LogP contribution in [0.2, 0.25) is 6.82 Å². The van der Waals surface area contributed by atoms with Crippen LogP contribution in [0.4, 0.5) is 5.82 Å². The second kappa shape index (κ2) is 9.65.